The lowest BCUT2D eigenvalue weighted by Crippen LogP contribution is -2.47. The van der Waals surface area contributed by atoms with E-state index < -0.39 is 4.92 Å². The molecular weight excluding hydrogens is 380 g/mol. The minimum Gasteiger partial charge on any atom is -0.368 e. The molecule has 3 aromatic rings. The van der Waals surface area contributed by atoms with Crippen LogP contribution >= 0.6 is 0 Å². The SMILES string of the molecule is Cc1ccc(CNc2ncnc(N3CCN(c4ccccc4)CC3)c2[N+](=O)[O-])cc1. The van der Waals surface area contributed by atoms with Crippen LogP contribution in [0.25, 0.3) is 0 Å². The number of anilines is 3. The zero-order valence-corrected chi connectivity index (χ0v) is 16.9. The number of aryl methyl sites for hydroxylation is 1. The second kappa shape index (κ2) is 8.77. The number of nitrogens with one attached hydrogen (secondary N) is 1. The fraction of sp³-hybridized carbons (Fsp3) is 0.273. The molecule has 1 aliphatic heterocycles. The van der Waals surface area contributed by atoms with Crippen LogP contribution in [0.2, 0.25) is 0 Å². The number of nitrogens with zero attached hydrogens (tertiary/aromatic N) is 5. The van der Waals surface area contributed by atoms with Gasteiger partial charge in [0.1, 0.15) is 6.33 Å². The van der Waals surface area contributed by atoms with Crippen LogP contribution in [0.1, 0.15) is 11.1 Å². The van der Waals surface area contributed by atoms with E-state index in [1.807, 2.05) is 54.3 Å². The molecule has 0 aliphatic carbocycles. The molecular formula is C22H24N6O2. The molecule has 30 heavy (non-hydrogen) atoms. The zero-order valence-electron chi connectivity index (χ0n) is 16.9. The van der Waals surface area contributed by atoms with Crippen LogP contribution in [0, 0.1) is 17.0 Å². The Morgan fingerprint density at radius 1 is 0.967 bits per heavy atom. The first kappa shape index (κ1) is 19.6. The Kier molecular flexibility index (Phi) is 5.74. The third kappa shape index (κ3) is 4.32. The number of hydrogen-bond acceptors (Lipinski definition) is 7. The summed E-state index contributed by atoms with van der Waals surface area (Å²) in [5.74, 6) is 0.616. The highest BCUT2D eigenvalue weighted by Gasteiger charge is 2.29. The van der Waals surface area contributed by atoms with E-state index in [9.17, 15) is 10.1 Å². The molecule has 0 bridgehead atoms. The van der Waals surface area contributed by atoms with E-state index in [1.165, 1.54) is 11.9 Å². The van der Waals surface area contributed by atoms with Crippen molar-refractivity contribution in [3.05, 3.63) is 82.2 Å². The first-order chi connectivity index (χ1) is 14.6. The highest BCUT2D eigenvalue weighted by atomic mass is 16.6. The van der Waals surface area contributed by atoms with Crippen LogP contribution in [0.3, 0.4) is 0 Å². The molecule has 154 valence electrons. The van der Waals surface area contributed by atoms with Crippen LogP contribution < -0.4 is 15.1 Å². The Bertz CT molecular complexity index is 1000. The van der Waals surface area contributed by atoms with E-state index >= 15 is 0 Å². The number of para-hydroxylation sites is 1. The summed E-state index contributed by atoms with van der Waals surface area (Å²) in [7, 11) is 0. The van der Waals surface area contributed by atoms with E-state index in [1.54, 1.807) is 0 Å². The third-order valence-corrected chi connectivity index (χ3v) is 5.27. The largest absolute Gasteiger partial charge is 0.368 e. The summed E-state index contributed by atoms with van der Waals surface area (Å²) < 4.78 is 0. The van der Waals surface area contributed by atoms with Crippen molar-refractivity contribution in [2.75, 3.05) is 41.3 Å². The van der Waals surface area contributed by atoms with Gasteiger partial charge in [0.2, 0.25) is 11.6 Å². The Labute approximate surface area is 175 Å². The van der Waals surface area contributed by atoms with Gasteiger partial charge in [0.05, 0.1) is 4.92 Å². The lowest BCUT2D eigenvalue weighted by Gasteiger charge is -2.36. The first-order valence-electron chi connectivity index (χ1n) is 9.95. The second-order valence-electron chi connectivity index (χ2n) is 7.30. The van der Waals surface area contributed by atoms with Gasteiger partial charge in [-0.25, -0.2) is 9.97 Å². The van der Waals surface area contributed by atoms with Gasteiger partial charge in [-0.15, -0.1) is 0 Å². The summed E-state index contributed by atoms with van der Waals surface area (Å²) in [6.45, 7) is 5.35. The number of rotatable bonds is 6. The van der Waals surface area contributed by atoms with Gasteiger partial charge >= 0.3 is 5.69 Å². The van der Waals surface area contributed by atoms with Crippen molar-refractivity contribution in [1.82, 2.24) is 9.97 Å². The van der Waals surface area contributed by atoms with Gasteiger partial charge in [-0.1, -0.05) is 48.0 Å². The fourth-order valence-electron chi connectivity index (χ4n) is 3.61. The van der Waals surface area contributed by atoms with E-state index in [2.05, 4.69) is 32.3 Å². The normalized spacial score (nSPS) is 13.9. The minimum absolute atomic E-state index is 0.0715. The number of nitro groups is 1. The van der Waals surface area contributed by atoms with Gasteiger partial charge in [0.25, 0.3) is 0 Å². The summed E-state index contributed by atoms with van der Waals surface area (Å²) in [6, 6.07) is 18.2. The molecule has 2 heterocycles. The van der Waals surface area contributed by atoms with Gasteiger partial charge in [-0.2, -0.15) is 0 Å². The van der Waals surface area contributed by atoms with Crippen molar-refractivity contribution in [2.24, 2.45) is 0 Å². The monoisotopic (exact) mass is 404 g/mol. The Balaban J connectivity index is 1.50. The Morgan fingerprint density at radius 3 is 2.30 bits per heavy atom. The van der Waals surface area contributed by atoms with Crippen molar-refractivity contribution in [3.8, 4) is 0 Å². The summed E-state index contributed by atoms with van der Waals surface area (Å²) >= 11 is 0. The summed E-state index contributed by atoms with van der Waals surface area (Å²) in [5, 5.41) is 15.0. The van der Waals surface area contributed by atoms with Crippen LogP contribution in [-0.2, 0) is 6.54 Å². The lowest BCUT2D eigenvalue weighted by molar-refractivity contribution is -0.383. The topological polar surface area (TPSA) is 87.4 Å². The average Bonchev–Trinajstić information content (AvgIpc) is 2.79. The molecule has 8 nitrogen and oxygen atoms in total. The van der Waals surface area contributed by atoms with Crippen LogP contribution in [-0.4, -0.2) is 41.1 Å². The van der Waals surface area contributed by atoms with Crippen molar-refractivity contribution in [2.45, 2.75) is 13.5 Å². The first-order valence-corrected chi connectivity index (χ1v) is 9.95. The van der Waals surface area contributed by atoms with E-state index in [0.29, 0.717) is 25.5 Å². The molecule has 1 fully saturated rings. The van der Waals surface area contributed by atoms with Crippen molar-refractivity contribution < 1.29 is 4.92 Å². The standard InChI is InChI=1S/C22H24N6O2/c1-17-7-9-18(10-8-17)15-23-21-20(28(29)30)22(25-16-24-21)27-13-11-26(12-14-27)19-5-3-2-4-6-19/h2-10,16H,11-15H2,1H3,(H,23,24,25). The van der Waals surface area contributed by atoms with E-state index in [0.717, 1.165) is 24.3 Å². The highest BCUT2D eigenvalue weighted by Crippen LogP contribution is 2.33. The van der Waals surface area contributed by atoms with Gasteiger partial charge in [-0.05, 0) is 24.6 Å². The molecule has 2 aromatic carbocycles. The van der Waals surface area contributed by atoms with E-state index in [-0.39, 0.29) is 11.5 Å². The zero-order chi connectivity index (χ0) is 20.9. The van der Waals surface area contributed by atoms with Gasteiger partial charge in [-0.3, -0.25) is 10.1 Å². The lowest BCUT2D eigenvalue weighted by atomic mass is 10.1. The average molecular weight is 404 g/mol. The maximum Gasteiger partial charge on any atom is 0.353 e. The van der Waals surface area contributed by atoms with Gasteiger partial charge in [0, 0.05) is 38.4 Å². The molecule has 0 radical (unpaired) electrons. The van der Waals surface area contributed by atoms with Crippen molar-refractivity contribution >= 4 is 23.0 Å². The maximum absolute atomic E-state index is 11.9. The predicted molar refractivity (Wildman–Crippen MR) is 118 cm³/mol. The molecule has 8 heteroatoms. The van der Waals surface area contributed by atoms with E-state index in [4.69, 9.17) is 0 Å². The molecule has 1 aromatic heterocycles. The molecule has 1 saturated heterocycles. The minimum atomic E-state index is -0.392. The highest BCUT2D eigenvalue weighted by molar-refractivity contribution is 5.70. The predicted octanol–water partition coefficient (Wildman–Crippen LogP) is 3.63. The third-order valence-electron chi connectivity index (χ3n) is 5.27. The summed E-state index contributed by atoms with van der Waals surface area (Å²) in [5.41, 5.74) is 3.29. The molecule has 1 N–H and O–H groups in total. The van der Waals surface area contributed by atoms with Crippen LogP contribution in [0.4, 0.5) is 23.0 Å². The molecule has 0 amide bonds. The molecule has 0 atom stereocenters. The fourth-order valence-corrected chi connectivity index (χ4v) is 3.61. The molecule has 0 unspecified atom stereocenters. The quantitative estimate of drug-likeness (QED) is 0.496. The molecule has 0 spiro atoms. The van der Waals surface area contributed by atoms with Crippen molar-refractivity contribution in [1.29, 1.82) is 0 Å². The Morgan fingerprint density at radius 2 is 1.63 bits per heavy atom. The molecule has 4 rings (SSSR count). The Hall–Kier alpha value is -3.68. The van der Waals surface area contributed by atoms with Crippen LogP contribution in [0.5, 0.6) is 0 Å². The maximum atomic E-state index is 11.9. The second-order valence-corrected chi connectivity index (χ2v) is 7.30. The van der Waals surface area contributed by atoms with Crippen LogP contribution in [0.15, 0.2) is 60.9 Å². The smallest absolute Gasteiger partial charge is 0.353 e. The molecule has 0 saturated carbocycles. The number of hydrogen-bond donors (Lipinski definition) is 1. The summed E-state index contributed by atoms with van der Waals surface area (Å²) in [6.07, 6.45) is 1.39. The van der Waals surface area contributed by atoms with Gasteiger partial charge in [0.15, 0.2) is 0 Å². The number of aromatic nitrogens is 2. The number of benzene rings is 2. The molecule has 1 aliphatic rings. The van der Waals surface area contributed by atoms with Crippen molar-refractivity contribution in [3.63, 3.8) is 0 Å². The van der Waals surface area contributed by atoms with Gasteiger partial charge < -0.3 is 15.1 Å². The number of piperazine rings is 1. The summed E-state index contributed by atoms with van der Waals surface area (Å²) in [4.78, 5) is 24.1.